The number of rotatable bonds is 4. The van der Waals surface area contributed by atoms with Gasteiger partial charge in [0.2, 0.25) is 0 Å². The Kier molecular flexibility index (Phi) is 5.28. The fourth-order valence-corrected chi connectivity index (χ4v) is 2.80. The molecule has 0 bridgehead atoms. The van der Waals surface area contributed by atoms with Crippen molar-refractivity contribution in [3.63, 3.8) is 0 Å². The fourth-order valence-electron chi connectivity index (χ4n) is 2.62. The lowest BCUT2D eigenvalue weighted by Gasteiger charge is -2.26. The van der Waals surface area contributed by atoms with Crippen LogP contribution < -0.4 is 15.0 Å². The number of nitrogens with zero attached hydrogens (tertiary/aromatic N) is 1. The Morgan fingerprint density at radius 2 is 1.78 bits per heavy atom. The van der Waals surface area contributed by atoms with Crippen molar-refractivity contribution in [3.05, 3.63) is 64.7 Å². The van der Waals surface area contributed by atoms with Crippen LogP contribution in [0, 0.1) is 0 Å². The predicted octanol–water partition coefficient (Wildman–Crippen LogP) is 3.79. The van der Waals surface area contributed by atoms with Gasteiger partial charge in [0.05, 0.1) is 11.8 Å². The van der Waals surface area contributed by atoms with E-state index in [1.165, 1.54) is 6.08 Å². The molecule has 0 aromatic heterocycles. The number of nitrogens with one attached hydrogen (secondary N) is 1. The second-order valence-electron chi connectivity index (χ2n) is 6.14. The Morgan fingerprint density at radius 3 is 2.44 bits per heavy atom. The Hall–Kier alpha value is -3.12. The van der Waals surface area contributed by atoms with Crippen molar-refractivity contribution in [1.29, 1.82) is 0 Å². The number of amides is 4. The summed E-state index contributed by atoms with van der Waals surface area (Å²) >= 11 is 6.06. The zero-order valence-electron chi connectivity index (χ0n) is 14.7. The number of ether oxygens (including phenoxy) is 1. The molecule has 0 radical (unpaired) electrons. The molecule has 0 saturated carbocycles. The van der Waals surface area contributed by atoms with Crippen molar-refractivity contribution in [2.24, 2.45) is 0 Å². The summed E-state index contributed by atoms with van der Waals surface area (Å²) in [6.07, 6.45) is 1.27. The maximum atomic E-state index is 12.9. The number of imide groups is 2. The van der Waals surface area contributed by atoms with Gasteiger partial charge < -0.3 is 4.74 Å². The Bertz CT molecular complexity index is 938. The van der Waals surface area contributed by atoms with Crippen LogP contribution in [0.1, 0.15) is 19.4 Å². The van der Waals surface area contributed by atoms with Crippen LogP contribution in [0.3, 0.4) is 0 Å². The maximum absolute atomic E-state index is 12.9. The highest BCUT2D eigenvalue weighted by Crippen LogP contribution is 2.28. The van der Waals surface area contributed by atoms with E-state index >= 15 is 0 Å². The molecule has 1 aliphatic rings. The monoisotopic (exact) mass is 384 g/mol. The number of benzene rings is 2. The number of carbonyl (C=O) groups is 3. The Balaban J connectivity index is 2.05. The second kappa shape index (κ2) is 7.63. The van der Waals surface area contributed by atoms with E-state index in [-0.39, 0.29) is 11.7 Å². The first kappa shape index (κ1) is 18.7. The Labute approximate surface area is 161 Å². The highest BCUT2D eigenvalue weighted by Gasteiger charge is 2.36. The minimum absolute atomic E-state index is 0.110. The fraction of sp³-hybridized carbons (Fsp3) is 0.150. The van der Waals surface area contributed by atoms with Gasteiger partial charge in [0.1, 0.15) is 11.3 Å². The van der Waals surface area contributed by atoms with Crippen LogP contribution in [-0.2, 0) is 9.59 Å². The summed E-state index contributed by atoms with van der Waals surface area (Å²) in [5, 5.41) is 2.62. The van der Waals surface area contributed by atoms with Gasteiger partial charge in [0.15, 0.2) is 0 Å². The number of anilines is 1. The van der Waals surface area contributed by atoms with Crippen LogP contribution in [0.2, 0.25) is 5.02 Å². The van der Waals surface area contributed by atoms with Crippen LogP contribution in [-0.4, -0.2) is 23.9 Å². The van der Waals surface area contributed by atoms with Gasteiger partial charge in [-0.05, 0) is 50.3 Å². The molecule has 0 spiro atoms. The zero-order valence-corrected chi connectivity index (χ0v) is 15.5. The first-order chi connectivity index (χ1) is 12.9. The summed E-state index contributed by atoms with van der Waals surface area (Å²) in [5.41, 5.74) is 0.648. The van der Waals surface area contributed by atoms with E-state index in [2.05, 4.69) is 5.32 Å². The van der Waals surface area contributed by atoms with Crippen molar-refractivity contribution in [2.75, 3.05) is 4.90 Å². The molecule has 0 unspecified atom stereocenters. The minimum atomic E-state index is -0.793. The molecule has 0 aliphatic carbocycles. The van der Waals surface area contributed by atoms with E-state index in [0.29, 0.717) is 22.0 Å². The molecule has 1 saturated heterocycles. The molecule has 7 heteroatoms. The van der Waals surface area contributed by atoms with Crippen LogP contribution in [0.4, 0.5) is 10.5 Å². The van der Waals surface area contributed by atoms with Gasteiger partial charge in [-0.2, -0.15) is 0 Å². The van der Waals surface area contributed by atoms with Crippen LogP contribution in [0.15, 0.2) is 54.1 Å². The normalized spacial score (nSPS) is 16.1. The molecule has 27 heavy (non-hydrogen) atoms. The SMILES string of the molecule is CC(C)Oc1ccc(Cl)cc1/C=C1\C(=O)NC(=O)N(c2ccccc2)C1=O. The van der Waals surface area contributed by atoms with E-state index in [1.807, 2.05) is 13.8 Å². The number of hydrogen-bond acceptors (Lipinski definition) is 4. The third-order valence-electron chi connectivity index (χ3n) is 3.75. The summed E-state index contributed by atoms with van der Waals surface area (Å²) < 4.78 is 5.72. The molecule has 1 heterocycles. The van der Waals surface area contributed by atoms with E-state index in [1.54, 1.807) is 48.5 Å². The van der Waals surface area contributed by atoms with Crippen LogP contribution in [0.5, 0.6) is 5.75 Å². The van der Waals surface area contributed by atoms with E-state index < -0.39 is 17.8 Å². The highest BCUT2D eigenvalue weighted by atomic mass is 35.5. The molecule has 2 aromatic carbocycles. The van der Waals surface area contributed by atoms with Crippen LogP contribution >= 0.6 is 11.6 Å². The molecule has 1 fully saturated rings. The van der Waals surface area contributed by atoms with Crippen molar-refractivity contribution < 1.29 is 19.1 Å². The third-order valence-corrected chi connectivity index (χ3v) is 3.99. The quantitative estimate of drug-likeness (QED) is 0.642. The number of barbiturate groups is 1. The molecule has 1 aliphatic heterocycles. The standard InChI is InChI=1S/C20H17ClN2O4/c1-12(2)27-17-9-8-14(21)10-13(17)11-16-18(24)22-20(26)23(19(16)25)15-6-4-3-5-7-15/h3-12H,1-2H3,(H,22,24,26)/b16-11+. The number of carbonyl (C=O) groups excluding carboxylic acids is 3. The third kappa shape index (κ3) is 4.01. The van der Waals surface area contributed by atoms with Gasteiger partial charge in [0.25, 0.3) is 11.8 Å². The van der Waals surface area contributed by atoms with Crippen molar-refractivity contribution in [1.82, 2.24) is 5.32 Å². The molecule has 3 rings (SSSR count). The first-order valence-electron chi connectivity index (χ1n) is 8.29. The average Bonchev–Trinajstić information content (AvgIpc) is 2.61. The van der Waals surface area contributed by atoms with Crippen molar-refractivity contribution >= 4 is 41.2 Å². The largest absolute Gasteiger partial charge is 0.490 e. The number of hydrogen-bond donors (Lipinski definition) is 1. The van der Waals surface area contributed by atoms with Gasteiger partial charge in [-0.25, -0.2) is 9.69 Å². The average molecular weight is 385 g/mol. The molecule has 0 atom stereocenters. The van der Waals surface area contributed by atoms with Gasteiger partial charge in [-0.15, -0.1) is 0 Å². The minimum Gasteiger partial charge on any atom is -0.490 e. The zero-order chi connectivity index (χ0) is 19.6. The van der Waals surface area contributed by atoms with Gasteiger partial charge in [0, 0.05) is 10.6 Å². The van der Waals surface area contributed by atoms with E-state index in [4.69, 9.17) is 16.3 Å². The highest BCUT2D eigenvalue weighted by molar-refractivity contribution is 6.39. The van der Waals surface area contributed by atoms with Crippen LogP contribution in [0.25, 0.3) is 6.08 Å². The van der Waals surface area contributed by atoms with Gasteiger partial charge in [-0.3, -0.25) is 14.9 Å². The lowest BCUT2D eigenvalue weighted by molar-refractivity contribution is -0.122. The molecule has 4 amide bonds. The Morgan fingerprint density at radius 1 is 1.07 bits per heavy atom. The van der Waals surface area contributed by atoms with E-state index in [9.17, 15) is 14.4 Å². The molecule has 6 nitrogen and oxygen atoms in total. The number of halogens is 1. The van der Waals surface area contributed by atoms with Gasteiger partial charge in [-0.1, -0.05) is 29.8 Å². The lowest BCUT2D eigenvalue weighted by Crippen LogP contribution is -2.54. The molecular formula is C20H17ClN2O4. The van der Waals surface area contributed by atoms with Crippen molar-refractivity contribution in [2.45, 2.75) is 20.0 Å². The maximum Gasteiger partial charge on any atom is 0.335 e. The molecule has 138 valence electrons. The summed E-state index contributed by atoms with van der Waals surface area (Å²) in [6.45, 7) is 3.72. The summed E-state index contributed by atoms with van der Waals surface area (Å²) in [6, 6.07) is 12.5. The summed E-state index contributed by atoms with van der Waals surface area (Å²) in [7, 11) is 0. The number of para-hydroxylation sites is 1. The predicted molar refractivity (Wildman–Crippen MR) is 103 cm³/mol. The summed E-state index contributed by atoms with van der Waals surface area (Å²) in [5.74, 6) is -1.01. The number of urea groups is 1. The smallest absolute Gasteiger partial charge is 0.335 e. The molecule has 1 N–H and O–H groups in total. The van der Waals surface area contributed by atoms with Gasteiger partial charge >= 0.3 is 6.03 Å². The topological polar surface area (TPSA) is 75.7 Å². The van der Waals surface area contributed by atoms with E-state index in [0.717, 1.165) is 4.90 Å². The lowest BCUT2D eigenvalue weighted by atomic mass is 10.1. The summed E-state index contributed by atoms with van der Waals surface area (Å²) in [4.78, 5) is 38.3. The first-order valence-corrected chi connectivity index (χ1v) is 8.67. The molecular weight excluding hydrogens is 368 g/mol. The molecule has 2 aromatic rings. The van der Waals surface area contributed by atoms with Crippen molar-refractivity contribution in [3.8, 4) is 5.75 Å². The second-order valence-corrected chi connectivity index (χ2v) is 6.58.